The van der Waals surface area contributed by atoms with Gasteiger partial charge < -0.3 is 5.11 Å². The summed E-state index contributed by atoms with van der Waals surface area (Å²) in [6.07, 6.45) is 5.39. The summed E-state index contributed by atoms with van der Waals surface area (Å²) in [4.78, 5) is 27.6. The molecule has 1 aromatic carbocycles. The molecule has 0 saturated carbocycles. The second-order valence-electron chi connectivity index (χ2n) is 6.05. The average Bonchev–Trinajstić information content (AvgIpc) is 2.62. The molecule has 0 aliphatic rings. The van der Waals surface area contributed by atoms with Gasteiger partial charge in [-0.1, -0.05) is 11.6 Å². The van der Waals surface area contributed by atoms with E-state index in [1.807, 2.05) is 0 Å². The predicted octanol–water partition coefficient (Wildman–Crippen LogP) is 3.03. The zero-order valence-corrected chi connectivity index (χ0v) is 16.5. The van der Waals surface area contributed by atoms with Crippen LogP contribution in [0.4, 0.5) is 8.78 Å². The molecule has 0 aliphatic carbocycles. The molecule has 3 aromatic rings. The number of aromatic carboxylic acids is 1. The Bertz CT molecular complexity index is 999. The van der Waals surface area contributed by atoms with Crippen molar-refractivity contribution < 1.29 is 39.7 Å². The molecule has 6 nitrogen and oxygen atoms in total. The quantitative estimate of drug-likeness (QED) is 0.503. The van der Waals surface area contributed by atoms with Gasteiger partial charge >= 0.3 is 5.97 Å². The molecule has 3 rings (SSSR count). The molecule has 0 bridgehead atoms. The van der Waals surface area contributed by atoms with Gasteiger partial charge in [-0.05, 0) is 13.8 Å². The Labute approximate surface area is 168 Å². The van der Waals surface area contributed by atoms with Gasteiger partial charge in [0.2, 0.25) is 0 Å². The van der Waals surface area contributed by atoms with Crippen LogP contribution in [0.2, 0.25) is 0 Å². The van der Waals surface area contributed by atoms with Crippen molar-refractivity contribution in [3.63, 3.8) is 0 Å². The summed E-state index contributed by atoms with van der Waals surface area (Å²) in [5, 5.41) is 9.08. The van der Waals surface area contributed by atoms with Gasteiger partial charge in [-0.15, -0.1) is 12.1 Å². The largest absolute Gasteiger partial charge is 0.476 e. The first-order chi connectivity index (χ1) is 12.3. The Kier molecular flexibility index (Phi) is 6.11. The van der Waals surface area contributed by atoms with Crippen LogP contribution in [-0.2, 0) is 26.5 Å². The molecule has 9 heteroatoms. The Morgan fingerprint density at radius 3 is 2.33 bits per heavy atom. The summed E-state index contributed by atoms with van der Waals surface area (Å²) in [5.41, 5.74) is -0.0934. The molecule has 0 aliphatic heterocycles. The molecule has 0 radical (unpaired) electrons. The van der Waals surface area contributed by atoms with Gasteiger partial charge in [0.15, 0.2) is 5.69 Å². The van der Waals surface area contributed by atoms with Crippen molar-refractivity contribution in [1.82, 2.24) is 19.9 Å². The summed E-state index contributed by atoms with van der Waals surface area (Å²) in [5.74, 6) is -2.74. The number of hydrogen-bond acceptors (Lipinski definition) is 5. The van der Waals surface area contributed by atoms with Crippen molar-refractivity contribution in [2.45, 2.75) is 19.3 Å². The third-order valence-corrected chi connectivity index (χ3v) is 3.88. The van der Waals surface area contributed by atoms with Gasteiger partial charge in [0.25, 0.3) is 0 Å². The van der Waals surface area contributed by atoms with E-state index in [2.05, 4.69) is 26.0 Å². The Hall–Kier alpha value is -2.60. The van der Waals surface area contributed by atoms with Crippen LogP contribution in [-0.4, -0.2) is 31.0 Å². The van der Waals surface area contributed by atoms with Crippen LogP contribution in [0.25, 0.3) is 11.3 Å². The first-order valence-electron chi connectivity index (χ1n) is 7.54. The number of halogens is 2. The van der Waals surface area contributed by atoms with Gasteiger partial charge in [0.1, 0.15) is 0 Å². The monoisotopic (exact) mass is 550 g/mol. The SMILES string of the molecule is CC(C)(c1cncc(C(=O)O)n1)c1cncc(-c2[c-]cc(F)cc2F)n1.[Pt]. The normalized spacial score (nSPS) is 11.0. The van der Waals surface area contributed by atoms with Crippen LogP contribution in [0, 0.1) is 17.7 Å². The van der Waals surface area contributed by atoms with Crippen molar-refractivity contribution in [1.29, 1.82) is 0 Å². The van der Waals surface area contributed by atoms with E-state index >= 15 is 0 Å². The number of nitrogens with zero attached hydrogens (tertiary/aromatic N) is 4. The van der Waals surface area contributed by atoms with Gasteiger partial charge in [-0.3, -0.25) is 23.7 Å². The van der Waals surface area contributed by atoms with Crippen LogP contribution in [0.1, 0.15) is 35.7 Å². The molecule has 0 spiro atoms. The molecule has 1 N–H and O–H groups in total. The van der Waals surface area contributed by atoms with E-state index in [0.717, 1.165) is 18.3 Å². The number of carboxylic acids is 1. The Morgan fingerprint density at radius 1 is 1.07 bits per heavy atom. The summed E-state index contributed by atoms with van der Waals surface area (Å²) in [6.45, 7) is 3.53. The van der Waals surface area contributed by atoms with E-state index in [4.69, 9.17) is 5.11 Å². The van der Waals surface area contributed by atoms with Crippen LogP contribution >= 0.6 is 0 Å². The first kappa shape index (κ1) is 20.7. The van der Waals surface area contributed by atoms with Crippen molar-refractivity contribution >= 4 is 5.97 Å². The minimum absolute atomic E-state index is 0. The number of carboxylic acid groups (broad SMARTS) is 1. The van der Waals surface area contributed by atoms with E-state index in [1.165, 1.54) is 18.6 Å². The maximum Gasteiger partial charge on any atom is 0.356 e. The van der Waals surface area contributed by atoms with Crippen LogP contribution < -0.4 is 0 Å². The second-order valence-corrected chi connectivity index (χ2v) is 6.05. The van der Waals surface area contributed by atoms with E-state index in [1.54, 1.807) is 13.8 Å². The molecular formula is C18H13F2N4O2Pt-. The number of hydrogen-bond donors (Lipinski definition) is 1. The Balaban J connectivity index is 0.00000261. The van der Waals surface area contributed by atoms with Crippen molar-refractivity contribution in [3.8, 4) is 11.3 Å². The number of carbonyl (C=O) groups is 1. The van der Waals surface area contributed by atoms with Gasteiger partial charge in [-0.25, -0.2) is 9.78 Å². The van der Waals surface area contributed by atoms with Crippen molar-refractivity contribution in [2.75, 3.05) is 0 Å². The smallest absolute Gasteiger partial charge is 0.356 e. The summed E-state index contributed by atoms with van der Waals surface area (Å²) in [7, 11) is 0. The Morgan fingerprint density at radius 2 is 1.70 bits per heavy atom. The third-order valence-electron chi connectivity index (χ3n) is 3.88. The fourth-order valence-corrected chi connectivity index (χ4v) is 2.33. The summed E-state index contributed by atoms with van der Waals surface area (Å²) < 4.78 is 27.1. The van der Waals surface area contributed by atoms with E-state index in [-0.39, 0.29) is 38.0 Å². The van der Waals surface area contributed by atoms with E-state index < -0.39 is 23.0 Å². The molecule has 27 heavy (non-hydrogen) atoms. The topological polar surface area (TPSA) is 88.9 Å². The summed E-state index contributed by atoms with van der Waals surface area (Å²) in [6, 6.07) is 4.26. The minimum Gasteiger partial charge on any atom is -0.476 e. The molecule has 2 heterocycles. The molecule has 0 saturated heterocycles. The molecule has 0 unspecified atom stereocenters. The molecule has 0 atom stereocenters. The number of rotatable bonds is 4. The van der Waals surface area contributed by atoms with Crippen molar-refractivity contribution in [3.05, 3.63) is 71.7 Å². The molecule has 142 valence electrons. The number of benzene rings is 1. The maximum atomic E-state index is 14.0. The molecule has 0 fully saturated rings. The fraction of sp³-hybridized carbons (Fsp3) is 0.167. The molecule has 0 amide bonds. The molecular weight excluding hydrogens is 537 g/mol. The van der Waals surface area contributed by atoms with Crippen LogP contribution in [0.5, 0.6) is 0 Å². The van der Waals surface area contributed by atoms with Gasteiger partial charge in [0, 0.05) is 57.0 Å². The average molecular weight is 550 g/mol. The maximum absolute atomic E-state index is 14.0. The third kappa shape index (κ3) is 4.22. The van der Waals surface area contributed by atoms with E-state index in [0.29, 0.717) is 11.4 Å². The minimum atomic E-state index is -1.20. The van der Waals surface area contributed by atoms with Crippen LogP contribution in [0.3, 0.4) is 0 Å². The zero-order chi connectivity index (χ0) is 18.9. The molecule has 2 aromatic heterocycles. The number of aromatic nitrogens is 4. The second kappa shape index (κ2) is 7.96. The van der Waals surface area contributed by atoms with Crippen molar-refractivity contribution in [2.24, 2.45) is 0 Å². The van der Waals surface area contributed by atoms with Gasteiger partial charge in [-0.2, -0.15) is 0 Å². The standard InChI is InChI=1S/C18H13F2N4O2.Pt/c1-18(2,16-9-22-7-14(24-16)17(25)26)15-8-21-6-13(23-15)11-4-3-10(19)5-12(11)20;/h3,5-9H,1-2H3,(H,25,26);/q-1;. The predicted molar refractivity (Wildman–Crippen MR) is 87.3 cm³/mol. The first-order valence-corrected chi connectivity index (χ1v) is 7.54. The van der Waals surface area contributed by atoms with E-state index in [9.17, 15) is 13.6 Å². The summed E-state index contributed by atoms with van der Waals surface area (Å²) >= 11 is 0. The van der Waals surface area contributed by atoms with Crippen LogP contribution in [0.15, 0.2) is 36.9 Å². The zero-order valence-electron chi connectivity index (χ0n) is 14.2. The fourth-order valence-electron chi connectivity index (χ4n) is 2.33. The van der Waals surface area contributed by atoms with Gasteiger partial charge in [0.05, 0.1) is 23.0 Å².